The van der Waals surface area contributed by atoms with Crippen LogP contribution in [-0.4, -0.2) is 32.2 Å². The van der Waals surface area contributed by atoms with Crippen LogP contribution >= 0.6 is 0 Å². The number of rotatable bonds is 8. The monoisotopic (exact) mass is 402 g/mol. The third-order valence-corrected chi connectivity index (χ3v) is 5.98. The molecule has 5 rings (SSSR count). The Morgan fingerprint density at radius 3 is 1.90 bits per heavy atom. The van der Waals surface area contributed by atoms with Crippen molar-refractivity contribution in [2.24, 2.45) is 0 Å². The molecule has 30 heavy (non-hydrogen) atoms. The fraction of sp³-hybridized carbons (Fsp3) is 0.308. The standard InChI is InChI=1S/C26H26O4/c1-26(19-5-3-2-4-6-19,20-7-11-22(12-8-20)28-17-24-18-29-24)21-9-13-23(14-10-21)30-25-15-16-27-25/h2-14,24-25H,15-18H2,1H3. The molecule has 3 aromatic rings. The van der Waals surface area contributed by atoms with Crippen LogP contribution < -0.4 is 9.47 Å². The Balaban J connectivity index is 1.44. The zero-order chi connectivity index (χ0) is 20.4. The summed E-state index contributed by atoms with van der Waals surface area (Å²) in [6.45, 7) is 4.46. The second-order valence-corrected chi connectivity index (χ2v) is 8.01. The maximum Gasteiger partial charge on any atom is 0.202 e. The van der Waals surface area contributed by atoms with Crippen LogP contribution in [-0.2, 0) is 14.9 Å². The molecular formula is C26H26O4. The molecule has 2 aliphatic heterocycles. The van der Waals surface area contributed by atoms with E-state index in [4.69, 9.17) is 18.9 Å². The molecule has 4 heteroatoms. The maximum absolute atomic E-state index is 5.85. The summed E-state index contributed by atoms with van der Waals surface area (Å²) in [6, 6.07) is 27.4. The fourth-order valence-electron chi connectivity index (χ4n) is 3.84. The summed E-state index contributed by atoms with van der Waals surface area (Å²) in [5.41, 5.74) is 3.35. The van der Waals surface area contributed by atoms with E-state index in [0.29, 0.717) is 6.61 Å². The highest BCUT2D eigenvalue weighted by Gasteiger charge is 2.31. The Hall–Kier alpha value is -2.82. The van der Waals surface area contributed by atoms with Crippen molar-refractivity contribution < 1.29 is 18.9 Å². The number of epoxide rings is 1. The normalized spacial score (nSPS) is 21.9. The van der Waals surface area contributed by atoms with Crippen molar-refractivity contribution in [2.75, 3.05) is 19.8 Å². The maximum atomic E-state index is 5.85. The Morgan fingerprint density at radius 2 is 1.37 bits per heavy atom. The molecule has 0 saturated carbocycles. The van der Waals surface area contributed by atoms with Crippen LogP contribution in [0, 0.1) is 0 Å². The van der Waals surface area contributed by atoms with E-state index < -0.39 is 0 Å². The minimum atomic E-state index is -0.301. The Labute approximate surface area is 177 Å². The fourth-order valence-corrected chi connectivity index (χ4v) is 3.84. The highest BCUT2D eigenvalue weighted by molar-refractivity contribution is 5.51. The summed E-state index contributed by atoms with van der Waals surface area (Å²) in [6.07, 6.45) is 1.10. The van der Waals surface area contributed by atoms with Crippen LogP contribution in [0.4, 0.5) is 0 Å². The lowest BCUT2D eigenvalue weighted by Gasteiger charge is -2.32. The second-order valence-electron chi connectivity index (χ2n) is 8.01. The number of ether oxygens (including phenoxy) is 4. The van der Waals surface area contributed by atoms with Crippen LogP contribution in [0.3, 0.4) is 0 Å². The van der Waals surface area contributed by atoms with Gasteiger partial charge in [0.15, 0.2) is 0 Å². The minimum Gasteiger partial charge on any atom is -0.491 e. The van der Waals surface area contributed by atoms with Gasteiger partial charge < -0.3 is 18.9 Å². The molecule has 0 amide bonds. The SMILES string of the molecule is CC(c1ccccc1)(c1ccc(OCC2CO2)cc1)c1ccc(OC2CCO2)cc1. The number of hydrogen-bond acceptors (Lipinski definition) is 4. The molecule has 2 fully saturated rings. The average Bonchev–Trinajstić information content (AvgIpc) is 3.60. The Morgan fingerprint density at radius 1 is 0.800 bits per heavy atom. The van der Waals surface area contributed by atoms with Gasteiger partial charge in [0.2, 0.25) is 6.29 Å². The van der Waals surface area contributed by atoms with E-state index in [2.05, 4.69) is 61.5 Å². The van der Waals surface area contributed by atoms with Crippen molar-refractivity contribution in [1.29, 1.82) is 0 Å². The quantitative estimate of drug-likeness (QED) is 0.395. The second kappa shape index (κ2) is 8.13. The van der Waals surface area contributed by atoms with Gasteiger partial charge in [-0.3, -0.25) is 0 Å². The zero-order valence-electron chi connectivity index (χ0n) is 17.1. The first-order valence-corrected chi connectivity index (χ1v) is 10.5. The Kier molecular flexibility index (Phi) is 5.19. The van der Waals surface area contributed by atoms with E-state index in [0.717, 1.165) is 31.1 Å². The molecule has 2 saturated heterocycles. The van der Waals surface area contributed by atoms with Gasteiger partial charge >= 0.3 is 0 Å². The topological polar surface area (TPSA) is 40.2 Å². The van der Waals surface area contributed by atoms with Gasteiger partial charge in [0.1, 0.15) is 24.2 Å². The summed E-state index contributed by atoms with van der Waals surface area (Å²) in [5, 5.41) is 0. The van der Waals surface area contributed by atoms with Gasteiger partial charge in [-0.05, 0) is 47.9 Å². The van der Waals surface area contributed by atoms with Crippen molar-refractivity contribution in [3.05, 3.63) is 95.6 Å². The molecule has 0 bridgehead atoms. The van der Waals surface area contributed by atoms with E-state index in [-0.39, 0.29) is 17.8 Å². The third-order valence-electron chi connectivity index (χ3n) is 5.98. The van der Waals surface area contributed by atoms with Crippen molar-refractivity contribution >= 4 is 0 Å². The molecular weight excluding hydrogens is 376 g/mol. The van der Waals surface area contributed by atoms with Gasteiger partial charge in [0.25, 0.3) is 0 Å². The lowest BCUT2D eigenvalue weighted by Crippen LogP contribution is -2.32. The van der Waals surface area contributed by atoms with E-state index in [1.54, 1.807) is 0 Å². The first kappa shape index (κ1) is 19.2. The summed E-state index contributed by atoms with van der Waals surface area (Å²) in [4.78, 5) is 0. The van der Waals surface area contributed by atoms with Gasteiger partial charge in [-0.15, -0.1) is 0 Å². The van der Waals surface area contributed by atoms with Crippen LogP contribution in [0.15, 0.2) is 78.9 Å². The summed E-state index contributed by atoms with van der Waals surface area (Å²) in [7, 11) is 0. The molecule has 2 aliphatic rings. The average molecular weight is 402 g/mol. The van der Waals surface area contributed by atoms with Gasteiger partial charge in [-0.1, -0.05) is 54.6 Å². The molecule has 0 aliphatic carbocycles. The van der Waals surface area contributed by atoms with E-state index in [1.165, 1.54) is 16.7 Å². The zero-order valence-corrected chi connectivity index (χ0v) is 17.1. The van der Waals surface area contributed by atoms with Crippen molar-refractivity contribution in [3.8, 4) is 11.5 Å². The molecule has 0 N–H and O–H groups in total. The van der Waals surface area contributed by atoms with Crippen molar-refractivity contribution in [3.63, 3.8) is 0 Å². The lowest BCUT2D eigenvalue weighted by molar-refractivity contribution is -0.165. The van der Waals surface area contributed by atoms with E-state index in [9.17, 15) is 0 Å². The van der Waals surface area contributed by atoms with Crippen LogP contribution in [0.2, 0.25) is 0 Å². The predicted octanol–water partition coefficient (Wildman–Crippen LogP) is 4.94. The van der Waals surface area contributed by atoms with E-state index >= 15 is 0 Å². The first-order valence-electron chi connectivity index (χ1n) is 10.5. The summed E-state index contributed by atoms with van der Waals surface area (Å²) < 4.78 is 22.3. The van der Waals surface area contributed by atoms with Gasteiger partial charge in [0, 0.05) is 11.8 Å². The third kappa shape index (κ3) is 3.93. The molecule has 0 aromatic heterocycles. The first-order chi connectivity index (χ1) is 14.7. The molecule has 3 unspecified atom stereocenters. The molecule has 3 atom stereocenters. The van der Waals surface area contributed by atoms with Crippen molar-refractivity contribution in [2.45, 2.75) is 31.2 Å². The van der Waals surface area contributed by atoms with Gasteiger partial charge in [-0.2, -0.15) is 0 Å². The van der Waals surface area contributed by atoms with Crippen LogP contribution in [0.5, 0.6) is 11.5 Å². The highest BCUT2D eigenvalue weighted by atomic mass is 16.7. The molecule has 4 nitrogen and oxygen atoms in total. The Bertz CT molecular complexity index is 960. The molecule has 0 spiro atoms. The predicted molar refractivity (Wildman–Crippen MR) is 115 cm³/mol. The van der Waals surface area contributed by atoms with Gasteiger partial charge in [-0.25, -0.2) is 0 Å². The molecule has 2 heterocycles. The van der Waals surface area contributed by atoms with Gasteiger partial charge in [0.05, 0.1) is 13.2 Å². The molecule has 154 valence electrons. The molecule has 0 radical (unpaired) electrons. The van der Waals surface area contributed by atoms with Crippen LogP contribution in [0.25, 0.3) is 0 Å². The highest BCUT2D eigenvalue weighted by Crippen LogP contribution is 2.40. The summed E-state index contributed by atoms with van der Waals surface area (Å²) in [5.74, 6) is 1.71. The minimum absolute atomic E-state index is 0.107. The van der Waals surface area contributed by atoms with E-state index in [1.807, 2.05) is 24.3 Å². The number of hydrogen-bond donors (Lipinski definition) is 0. The lowest BCUT2D eigenvalue weighted by atomic mass is 9.71. The van der Waals surface area contributed by atoms with Crippen LogP contribution in [0.1, 0.15) is 30.0 Å². The smallest absolute Gasteiger partial charge is 0.202 e. The van der Waals surface area contributed by atoms with Crippen molar-refractivity contribution in [1.82, 2.24) is 0 Å². The number of benzene rings is 3. The summed E-state index contributed by atoms with van der Waals surface area (Å²) >= 11 is 0. The molecule has 3 aromatic carbocycles. The largest absolute Gasteiger partial charge is 0.491 e.